The zero-order chi connectivity index (χ0) is 15.8. The molecule has 1 aromatic heterocycles. The number of amides is 1. The minimum absolute atomic E-state index is 0.000810. The first kappa shape index (κ1) is 15.4. The van der Waals surface area contributed by atoms with Crippen LogP contribution >= 0.6 is 0 Å². The summed E-state index contributed by atoms with van der Waals surface area (Å²) in [5.74, 6) is 3.19. The van der Waals surface area contributed by atoms with E-state index in [0.29, 0.717) is 0 Å². The molecule has 0 saturated carbocycles. The number of ether oxygens (including phenoxy) is 1. The highest BCUT2D eigenvalue weighted by Gasteiger charge is 2.01. The van der Waals surface area contributed by atoms with Crippen molar-refractivity contribution in [3.05, 3.63) is 65.5 Å². The normalized spacial score (nSPS) is 9.55. The Morgan fingerprint density at radius 2 is 1.86 bits per heavy atom. The summed E-state index contributed by atoms with van der Waals surface area (Å²) in [7, 11) is 0. The molecule has 2 rings (SSSR count). The lowest BCUT2D eigenvalue weighted by Gasteiger charge is -2.04. The largest absolute Gasteiger partial charge is 0.445 e. The van der Waals surface area contributed by atoms with Crippen molar-refractivity contribution in [1.29, 1.82) is 0 Å². The highest BCUT2D eigenvalue weighted by Crippen LogP contribution is 2.02. The van der Waals surface area contributed by atoms with Crippen LogP contribution in [0.15, 0.2) is 42.5 Å². The summed E-state index contributed by atoms with van der Waals surface area (Å²) in [4.78, 5) is 14.4. The van der Waals surface area contributed by atoms with Gasteiger partial charge in [-0.3, -0.25) is 0 Å². The Balaban J connectivity index is 1.76. The molecular formula is C16H12F2N2O2. The zero-order valence-electron chi connectivity index (χ0n) is 11.5. The van der Waals surface area contributed by atoms with Gasteiger partial charge in [0.15, 0.2) is 0 Å². The zero-order valence-corrected chi connectivity index (χ0v) is 11.5. The van der Waals surface area contributed by atoms with Crippen LogP contribution in [0.4, 0.5) is 13.6 Å². The van der Waals surface area contributed by atoms with Gasteiger partial charge in [-0.15, -0.1) is 0 Å². The molecule has 112 valence electrons. The number of pyridine rings is 1. The molecule has 0 spiro atoms. The van der Waals surface area contributed by atoms with E-state index in [9.17, 15) is 13.6 Å². The van der Waals surface area contributed by atoms with E-state index < -0.39 is 18.0 Å². The molecule has 0 aliphatic carbocycles. The fourth-order valence-electron chi connectivity index (χ4n) is 1.57. The van der Waals surface area contributed by atoms with Crippen LogP contribution in [-0.4, -0.2) is 17.6 Å². The summed E-state index contributed by atoms with van der Waals surface area (Å²) in [6, 6.07) is 11.2. The maximum absolute atomic E-state index is 12.8. The lowest BCUT2D eigenvalue weighted by Crippen LogP contribution is -2.24. The standard InChI is InChI=1S/C16H12F2N2O2/c17-14-9-13(10-15(18)20-14)7-4-8-19-16(21)22-11-12-5-2-1-3-6-12/h1-3,5-6,9-10H,8,11H2,(H,19,21). The average molecular weight is 302 g/mol. The van der Waals surface area contributed by atoms with Gasteiger partial charge in [0.1, 0.15) is 6.61 Å². The Labute approximate surface area is 126 Å². The van der Waals surface area contributed by atoms with Crippen molar-refractivity contribution < 1.29 is 18.3 Å². The van der Waals surface area contributed by atoms with Gasteiger partial charge in [0.05, 0.1) is 6.54 Å². The number of alkyl carbamates (subject to hydrolysis) is 1. The Hall–Kier alpha value is -2.94. The second-order valence-corrected chi connectivity index (χ2v) is 4.22. The Morgan fingerprint density at radius 3 is 2.55 bits per heavy atom. The molecule has 0 aliphatic rings. The molecule has 1 amide bonds. The minimum atomic E-state index is -0.945. The van der Waals surface area contributed by atoms with Crippen molar-refractivity contribution in [2.75, 3.05) is 6.54 Å². The molecule has 1 N–H and O–H groups in total. The third-order valence-electron chi connectivity index (χ3n) is 2.53. The molecule has 1 heterocycles. The molecular weight excluding hydrogens is 290 g/mol. The molecule has 0 bridgehead atoms. The molecule has 0 fully saturated rings. The van der Waals surface area contributed by atoms with Gasteiger partial charge in [0, 0.05) is 17.7 Å². The molecule has 0 radical (unpaired) electrons. The monoisotopic (exact) mass is 302 g/mol. The van der Waals surface area contributed by atoms with Gasteiger partial charge in [-0.2, -0.15) is 13.8 Å². The van der Waals surface area contributed by atoms with Crippen LogP contribution in [0.3, 0.4) is 0 Å². The molecule has 0 saturated heterocycles. The lowest BCUT2D eigenvalue weighted by atomic mass is 10.2. The van der Waals surface area contributed by atoms with Crippen molar-refractivity contribution in [2.45, 2.75) is 6.61 Å². The molecule has 4 nitrogen and oxygen atoms in total. The van der Waals surface area contributed by atoms with Crippen LogP contribution in [0.25, 0.3) is 0 Å². The summed E-state index contributed by atoms with van der Waals surface area (Å²) < 4.78 is 30.6. The van der Waals surface area contributed by atoms with E-state index in [1.165, 1.54) is 0 Å². The van der Waals surface area contributed by atoms with Gasteiger partial charge in [-0.1, -0.05) is 42.2 Å². The topological polar surface area (TPSA) is 51.2 Å². The fraction of sp³-hybridized carbons (Fsp3) is 0.125. The number of carbonyl (C=O) groups is 1. The first-order valence-electron chi connectivity index (χ1n) is 6.40. The number of nitrogens with zero attached hydrogens (tertiary/aromatic N) is 1. The molecule has 0 aliphatic heterocycles. The summed E-state index contributed by atoms with van der Waals surface area (Å²) in [6.07, 6.45) is -0.620. The third-order valence-corrected chi connectivity index (χ3v) is 2.53. The van der Waals surface area contributed by atoms with Crippen molar-refractivity contribution >= 4 is 6.09 Å². The van der Waals surface area contributed by atoms with E-state index in [1.54, 1.807) is 0 Å². The van der Waals surface area contributed by atoms with Gasteiger partial charge in [-0.05, 0) is 5.56 Å². The maximum Gasteiger partial charge on any atom is 0.408 e. The molecule has 1 aromatic carbocycles. The molecule has 22 heavy (non-hydrogen) atoms. The van der Waals surface area contributed by atoms with Gasteiger partial charge < -0.3 is 10.1 Å². The van der Waals surface area contributed by atoms with Crippen molar-refractivity contribution in [2.24, 2.45) is 0 Å². The number of benzene rings is 1. The van der Waals surface area contributed by atoms with Crippen LogP contribution in [0.1, 0.15) is 11.1 Å². The highest BCUT2D eigenvalue weighted by molar-refractivity contribution is 5.67. The predicted octanol–water partition coefficient (Wildman–Crippen LogP) is 2.64. The molecule has 0 unspecified atom stereocenters. The number of hydrogen-bond donors (Lipinski definition) is 1. The van der Waals surface area contributed by atoms with E-state index in [1.807, 2.05) is 30.3 Å². The average Bonchev–Trinajstić information content (AvgIpc) is 2.50. The maximum atomic E-state index is 12.8. The number of hydrogen-bond acceptors (Lipinski definition) is 3. The lowest BCUT2D eigenvalue weighted by molar-refractivity contribution is 0.141. The van der Waals surface area contributed by atoms with Gasteiger partial charge >= 0.3 is 6.09 Å². The van der Waals surface area contributed by atoms with E-state index in [0.717, 1.165) is 17.7 Å². The molecule has 6 heteroatoms. The van der Waals surface area contributed by atoms with E-state index in [2.05, 4.69) is 22.1 Å². The van der Waals surface area contributed by atoms with Crippen LogP contribution in [0.2, 0.25) is 0 Å². The summed E-state index contributed by atoms with van der Waals surface area (Å²) in [5, 5.41) is 2.41. The number of aromatic nitrogens is 1. The summed E-state index contributed by atoms with van der Waals surface area (Å²) in [5.41, 5.74) is 1.01. The second-order valence-electron chi connectivity index (χ2n) is 4.22. The van der Waals surface area contributed by atoms with Crippen molar-refractivity contribution in [3.63, 3.8) is 0 Å². The molecule has 0 atom stereocenters. The predicted molar refractivity (Wildman–Crippen MR) is 75.7 cm³/mol. The van der Waals surface area contributed by atoms with Crippen LogP contribution < -0.4 is 5.32 Å². The Bertz CT molecular complexity index is 689. The Morgan fingerprint density at radius 1 is 1.18 bits per heavy atom. The number of carbonyl (C=O) groups excluding carboxylic acids is 1. The summed E-state index contributed by atoms with van der Waals surface area (Å²) in [6.45, 7) is 0.153. The fourth-order valence-corrected chi connectivity index (χ4v) is 1.57. The third kappa shape index (κ3) is 5.21. The van der Waals surface area contributed by atoms with Gasteiger partial charge in [0.25, 0.3) is 0 Å². The van der Waals surface area contributed by atoms with E-state index in [-0.39, 0.29) is 18.7 Å². The highest BCUT2D eigenvalue weighted by atomic mass is 19.1. The van der Waals surface area contributed by atoms with E-state index in [4.69, 9.17) is 4.74 Å². The Kier molecular flexibility index (Phi) is 5.44. The van der Waals surface area contributed by atoms with E-state index >= 15 is 0 Å². The first-order chi connectivity index (χ1) is 10.6. The van der Waals surface area contributed by atoms with Crippen molar-refractivity contribution in [1.82, 2.24) is 10.3 Å². The van der Waals surface area contributed by atoms with Crippen LogP contribution in [0.5, 0.6) is 0 Å². The van der Waals surface area contributed by atoms with Gasteiger partial charge in [0.2, 0.25) is 11.9 Å². The smallest absolute Gasteiger partial charge is 0.408 e. The van der Waals surface area contributed by atoms with Crippen molar-refractivity contribution in [3.8, 4) is 11.8 Å². The number of rotatable bonds is 3. The quantitative estimate of drug-likeness (QED) is 0.700. The van der Waals surface area contributed by atoms with Crippen LogP contribution in [0, 0.1) is 23.7 Å². The van der Waals surface area contributed by atoms with Crippen LogP contribution in [-0.2, 0) is 11.3 Å². The van der Waals surface area contributed by atoms with Gasteiger partial charge in [-0.25, -0.2) is 4.79 Å². The minimum Gasteiger partial charge on any atom is -0.445 e. The number of halogens is 2. The number of nitrogens with one attached hydrogen (secondary N) is 1. The second kappa shape index (κ2) is 7.74. The SMILES string of the molecule is O=C(NCC#Cc1cc(F)nc(F)c1)OCc1ccccc1. The summed E-state index contributed by atoms with van der Waals surface area (Å²) >= 11 is 0. The first-order valence-corrected chi connectivity index (χ1v) is 6.40. The molecule has 2 aromatic rings.